The molecular formula is C11H16F2O7S. The van der Waals surface area contributed by atoms with Crippen LogP contribution in [0.2, 0.25) is 0 Å². The largest absolute Gasteiger partial charge is 0.465 e. The Labute approximate surface area is 120 Å². The number of alkyl halides is 2. The van der Waals surface area contributed by atoms with E-state index in [4.69, 9.17) is 9.29 Å². The van der Waals surface area contributed by atoms with Crippen LogP contribution in [0.4, 0.5) is 8.78 Å². The van der Waals surface area contributed by atoms with Crippen LogP contribution in [0.3, 0.4) is 0 Å². The fourth-order valence-corrected chi connectivity index (χ4v) is 2.29. The Bertz CT molecular complexity index is 509. The van der Waals surface area contributed by atoms with Crippen LogP contribution in [0.1, 0.15) is 39.0 Å². The minimum Gasteiger partial charge on any atom is -0.457 e. The topological polar surface area (TPSA) is 107 Å². The molecule has 1 fully saturated rings. The Hall–Kier alpha value is -1.29. The van der Waals surface area contributed by atoms with Gasteiger partial charge in [0.2, 0.25) is 0 Å². The molecule has 0 atom stereocenters. The first kappa shape index (κ1) is 17.8. The Morgan fingerprint density at radius 3 is 2.24 bits per heavy atom. The van der Waals surface area contributed by atoms with Crippen LogP contribution < -0.4 is 0 Å². The molecule has 0 radical (unpaired) electrons. The minimum absolute atomic E-state index is 0.605. The number of hydrogen-bond acceptors (Lipinski definition) is 6. The number of carbonyl (C=O) groups excluding carboxylic acids is 2. The maximum Gasteiger partial charge on any atom is 0.465 e. The summed E-state index contributed by atoms with van der Waals surface area (Å²) in [6, 6.07) is 0. The zero-order valence-corrected chi connectivity index (χ0v) is 12.1. The van der Waals surface area contributed by atoms with Gasteiger partial charge in [0.05, 0.1) is 0 Å². The van der Waals surface area contributed by atoms with Crippen LogP contribution >= 0.6 is 0 Å². The summed E-state index contributed by atoms with van der Waals surface area (Å²) < 4.78 is 63.4. The number of rotatable bonds is 5. The summed E-state index contributed by atoms with van der Waals surface area (Å²) in [6.45, 7) is 0.526. The number of esters is 2. The standard InChI is InChI=1S/C11H16F2O7S/c1-10(5-3-2-4-6-10)20-8(14)7-19-9(15)11(12,13)21(16,17)18/h2-7H2,1H3,(H,16,17,18). The molecule has 7 nitrogen and oxygen atoms in total. The SMILES string of the molecule is CC1(OC(=O)COC(=O)C(F)(F)S(=O)(=O)O)CCCCC1. The quantitative estimate of drug-likeness (QED) is 0.597. The smallest absolute Gasteiger partial charge is 0.457 e. The molecule has 0 aliphatic heterocycles. The van der Waals surface area contributed by atoms with Gasteiger partial charge in [-0.05, 0) is 32.6 Å². The lowest BCUT2D eigenvalue weighted by Crippen LogP contribution is -2.41. The first-order valence-electron chi connectivity index (χ1n) is 6.22. The highest BCUT2D eigenvalue weighted by Gasteiger charge is 2.54. The molecule has 1 aliphatic rings. The molecule has 0 aromatic carbocycles. The predicted octanol–water partition coefficient (Wildman–Crippen LogP) is 1.28. The van der Waals surface area contributed by atoms with Crippen molar-refractivity contribution in [1.29, 1.82) is 0 Å². The van der Waals surface area contributed by atoms with Gasteiger partial charge in [0.25, 0.3) is 0 Å². The van der Waals surface area contributed by atoms with Gasteiger partial charge in [-0.25, -0.2) is 9.59 Å². The van der Waals surface area contributed by atoms with Gasteiger partial charge in [0.15, 0.2) is 6.61 Å². The molecule has 0 amide bonds. The monoisotopic (exact) mass is 330 g/mol. The van der Waals surface area contributed by atoms with E-state index in [0.717, 1.165) is 19.3 Å². The van der Waals surface area contributed by atoms with Crippen LogP contribution in [0.5, 0.6) is 0 Å². The van der Waals surface area contributed by atoms with E-state index in [-0.39, 0.29) is 0 Å². The highest BCUT2D eigenvalue weighted by atomic mass is 32.2. The Morgan fingerprint density at radius 1 is 1.24 bits per heavy atom. The van der Waals surface area contributed by atoms with E-state index in [0.29, 0.717) is 12.8 Å². The van der Waals surface area contributed by atoms with E-state index < -0.39 is 39.5 Å². The molecule has 122 valence electrons. The van der Waals surface area contributed by atoms with Crippen molar-refractivity contribution in [2.24, 2.45) is 0 Å². The molecule has 1 saturated carbocycles. The lowest BCUT2D eigenvalue weighted by Gasteiger charge is -2.33. The van der Waals surface area contributed by atoms with Crippen molar-refractivity contribution in [3.63, 3.8) is 0 Å². The Balaban J connectivity index is 2.52. The lowest BCUT2D eigenvalue weighted by atomic mass is 9.86. The number of halogens is 2. The fraction of sp³-hybridized carbons (Fsp3) is 0.818. The summed E-state index contributed by atoms with van der Waals surface area (Å²) in [5.74, 6) is -3.59. The third-order valence-corrected chi connectivity index (χ3v) is 3.97. The van der Waals surface area contributed by atoms with Crippen LogP contribution in [0.15, 0.2) is 0 Å². The van der Waals surface area contributed by atoms with Gasteiger partial charge in [-0.15, -0.1) is 0 Å². The van der Waals surface area contributed by atoms with Crippen LogP contribution in [-0.4, -0.2) is 42.4 Å². The maximum absolute atomic E-state index is 12.8. The van der Waals surface area contributed by atoms with Crippen LogP contribution in [0, 0.1) is 0 Å². The van der Waals surface area contributed by atoms with E-state index in [9.17, 15) is 26.8 Å². The summed E-state index contributed by atoms with van der Waals surface area (Å²) in [4.78, 5) is 22.3. The molecule has 10 heteroatoms. The van der Waals surface area contributed by atoms with Crippen molar-refractivity contribution < 1.29 is 40.8 Å². The van der Waals surface area contributed by atoms with Gasteiger partial charge < -0.3 is 9.47 Å². The van der Waals surface area contributed by atoms with Gasteiger partial charge in [-0.3, -0.25) is 4.55 Å². The second-order valence-corrected chi connectivity index (χ2v) is 6.52. The lowest BCUT2D eigenvalue weighted by molar-refractivity contribution is -0.177. The van der Waals surface area contributed by atoms with Crippen molar-refractivity contribution >= 4 is 22.1 Å². The summed E-state index contributed by atoms with van der Waals surface area (Å²) >= 11 is 0. The molecule has 0 saturated heterocycles. The zero-order valence-electron chi connectivity index (χ0n) is 11.3. The van der Waals surface area contributed by atoms with Crippen molar-refractivity contribution in [1.82, 2.24) is 0 Å². The molecule has 0 heterocycles. The fourth-order valence-electron chi connectivity index (χ4n) is 2.02. The molecule has 0 spiro atoms. The molecule has 0 bridgehead atoms. The van der Waals surface area contributed by atoms with Gasteiger partial charge in [0, 0.05) is 0 Å². The highest BCUT2D eigenvalue weighted by molar-refractivity contribution is 7.87. The third kappa shape index (κ3) is 4.60. The van der Waals surface area contributed by atoms with Gasteiger partial charge >= 0.3 is 27.3 Å². The van der Waals surface area contributed by atoms with E-state index in [1.165, 1.54) is 0 Å². The summed E-state index contributed by atoms with van der Waals surface area (Å²) in [7, 11) is -5.95. The van der Waals surface area contributed by atoms with E-state index >= 15 is 0 Å². The highest BCUT2D eigenvalue weighted by Crippen LogP contribution is 2.31. The second kappa shape index (κ2) is 6.22. The zero-order chi connectivity index (χ0) is 16.3. The molecule has 0 aromatic heterocycles. The average molecular weight is 330 g/mol. The van der Waals surface area contributed by atoms with Crippen molar-refractivity contribution in [3.8, 4) is 0 Å². The van der Waals surface area contributed by atoms with E-state index in [1.54, 1.807) is 6.92 Å². The first-order valence-corrected chi connectivity index (χ1v) is 7.66. The number of hydrogen-bond donors (Lipinski definition) is 1. The summed E-state index contributed by atoms with van der Waals surface area (Å²) in [6.07, 6.45) is 3.92. The van der Waals surface area contributed by atoms with Gasteiger partial charge in [-0.2, -0.15) is 17.2 Å². The molecule has 0 unspecified atom stereocenters. The average Bonchev–Trinajstić information content (AvgIpc) is 2.34. The molecule has 1 N–H and O–H groups in total. The van der Waals surface area contributed by atoms with E-state index in [1.807, 2.05) is 0 Å². The normalized spacial score (nSPS) is 18.9. The van der Waals surface area contributed by atoms with Gasteiger partial charge in [0.1, 0.15) is 5.60 Å². The molecule has 1 rings (SSSR count). The Morgan fingerprint density at radius 2 is 1.76 bits per heavy atom. The van der Waals surface area contributed by atoms with Crippen molar-refractivity contribution in [2.45, 2.75) is 49.9 Å². The second-order valence-electron chi connectivity index (χ2n) is 5.05. The molecular weight excluding hydrogens is 314 g/mol. The molecule has 1 aliphatic carbocycles. The molecule has 0 aromatic rings. The summed E-state index contributed by atoms with van der Waals surface area (Å²) in [5, 5.41) is -5.12. The van der Waals surface area contributed by atoms with Crippen molar-refractivity contribution in [2.75, 3.05) is 6.61 Å². The van der Waals surface area contributed by atoms with Crippen LogP contribution in [0.25, 0.3) is 0 Å². The third-order valence-electron chi connectivity index (χ3n) is 3.15. The van der Waals surface area contributed by atoms with Crippen molar-refractivity contribution in [3.05, 3.63) is 0 Å². The Kier molecular flexibility index (Phi) is 5.26. The maximum atomic E-state index is 12.8. The number of carbonyl (C=O) groups is 2. The molecule has 21 heavy (non-hydrogen) atoms. The van der Waals surface area contributed by atoms with Crippen LogP contribution in [-0.2, 0) is 29.2 Å². The predicted molar refractivity (Wildman–Crippen MR) is 65.0 cm³/mol. The summed E-state index contributed by atoms with van der Waals surface area (Å²) in [5.41, 5.74) is -0.743. The first-order chi connectivity index (χ1) is 9.48. The van der Waals surface area contributed by atoms with Gasteiger partial charge in [-0.1, -0.05) is 6.42 Å². The number of ether oxygens (including phenoxy) is 2. The van der Waals surface area contributed by atoms with E-state index in [2.05, 4.69) is 4.74 Å². The minimum atomic E-state index is -5.95.